The number of ketones is 1. The second-order valence-corrected chi connectivity index (χ2v) is 4.11. The van der Waals surface area contributed by atoms with Crippen molar-refractivity contribution in [1.29, 1.82) is 0 Å². The number of carbonyl (C=O) groups excluding carboxylic acids is 2. The van der Waals surface area contributed by atoms with Crippen LogP contribution in [0.4, 0.5) is 0 Å². The molecule has 90 valence electrons. The van der Waals surface area contributed by atoms with Gasteiger partial charge in [-0.1, -0.05) is 18.2 Å². The number of likely N-dealkylation sites (N-methyl/N-ethyl adjacent to an activating group) is 1. The van der Waals surface area contributed by atoms with Gasteiger partial charge in [0, 0.05) is 24.9 Å². The minimum atomic E-state index is -0.623. The molecule has 0 bridgehead atoms. The molecule has 1 atom stereocenters. The summed E-state index contributed by atoms with van der Waals surface area (Å²) in [4.78, 5) is 25.2. The molecule has 4 heteroatoms. The van der Waals surface area contributed by atoms with Gasteiger partial charge in [0.05, 0.1) is 0 Å². The highest BCUT2D eigenvalue weighted by Crippen LogP contribution is 2.33. The van der Waals surface area contributed by atoms with E-state index in [1.54, 1.807) is 18.2 Å². The van der Waals surface area contributed by atoms with Gasteiger partial charge in [0.25, 0.3) is 0 Å². The Morgan fingerprint density at radius 3 is 2.65 bits per heavy atom. The van der Waals surface area contributed by atoms with E-state index >= 15 is 0 Å². The Labute approximate surface area is 99.9 Å². The molecule has 17 heavy (non-hydrogen) atoms. The first-order valence-corrected chi connectivity index (χ1v) is 5.75. The predicted molar refractivity (Wildman–Crippen MR) is 62.5 cm³/mol. The summed E-state index contributed by atoms with van der Waals surface area (Å²) in [5, 5.41) is 9.79. The second kappa shape index (κ2) is 4.57. The number of phenols is 1. The number of Topliss-reactive ketones (excluding diaryl/α,β-unsaturated/α-hetero) is 1. The molecule has 1 fully saturated rings. The minimum Gasteiger partial charge on any atom is -0.508 e. The van der Waals surface area contributed by atoms with E-state index in [9.17, 15) is 14.7 Å². The number of piperidine rings is 1. The van der Waals surface area contributed by atoms with Gasteiger partial charge in [0.15, 0.2) is 5.78 Å². The van der Waals surface area contributed by atoms with Crippen molar-refractivity contribution >= 4 is 11.7 Å². The highest BCUT2D eigenvalue weighted by Gasteiger charge is 2.35. The molecule has 1 aliphatic heterocycles. The predicted octanol–water partition coefficient (Wildman–Crippen LogP) is 1.64. The van der Waals surface area contributed by atoms with Crippen LogP contribution in [0.3, 0.4) is 0 Å². The molecule has 1 aromatic rings. The van der Waals surface area contributed by atoms with Crippen molar-refractivity contribution in [3.8, 4) is 5.75 Å². The highest BCUT2D eigenvalue weighted by molar-refractivity contribution is 5.96. The molecule has 1 aliphatic rings. The SMILES string of the molecule is CCN1C(=O)CCC(=O)C1c1ccccc1O. The zero-order chi connectivity index (χ0) is 12.4. The third-order valence-electron chi connectivity index (χ3n) is 3.09. The monoisotopic (exact) mass is 233 g/mol. The van der Waals surface area contributed by atoms with Crippen molar-refractivity contribution in [2.24, 2.45) is 0 Å². The van der Waals surface area contributed by atoms with Crippen molar-refractivity contribution < 1.29 is 14.7 Å². The van der Waals surface area contributed by atoms with E-state index in [0.717, 1.165) is 0 Å². The van der Waals surface area contributed by atoms with Crippen LogP contribution in [0.2, 0.25) is 0 Å². The third kappa shape index (κ3) is 2.02. The summed E-state index contributed by atoms with van der Waals surface area (Å²) in [5.41, 5.74) is 0.521. The van der Waals surface area contributed by atoms with Crippen molar-refractivity contribution in [3.05, 3.63) is 29.8 Å². The molecule has 0 spiro atoms. The normalized spacial score (nSPS) is 20.8. The smallest absolute Gasteiger partial charge is 0.223 e. The average molecular weight is 233 g/mol. The first kappa shape index (κ1) is 11.6. The standard InChI is InChI=1S/C13H15NO3/c1-2-14-12(17)8-7-11(16)13(14)9-5-3-4-6-10(9)15/h3-6,13,15H,2,7-8H2,1H3. The summed E-state index contributed by atoms with van der Waals surface area (Å²) in [6.07, 6.45) is 0.533. The fourth-order valence-electron chi connectivity index (χ4n) is 2.25. The number of amides is 1. The van der Waals surface area contributed by atoms with Crippen LogP contribution in [0, 0.1) is 0 Å². The van der Waals surface area contributed by atoms with Gasteiger partial charge in [0.2, 0.25) is 5.91 Å². The number of para-hydroxylation sites is 1. The van der Waals surface area contributed by atoms with Crippen LogP contribution in [-0.2, 0) is 9.59 Å². The summed E-state index contributed by atoms with van der Waals surface area (Å²) in [6.45, 7) is 2.31. The van der Waals surface area contributed by atoms with E-state index in [0.29, 0.717) is 12.1 Å². The molecule has 0 saturated carbocycles. The van der Waals surface area contributed by atoms with Gasteiger partial charge in [-0.3, -0.25) is 9.59 Å². The lowest BCUT2D eigenvalue weighted by Crippen LogP contribution is -2.43. The molecule has 2 rings (SSSR count). The number of likely N-dealkylation sites (tertiary alicyclic amines) is 1. The summed E-state index contributed by atoms with van der Waals surface area (Å²) >= 11 is 0. The summed E-state index contributed by atoms with van der Waals surface area (Å²) in [7, 11) is 0. The van der Waals surface area contributed by atoms with Crippen LogP contribution in [0.5, 0.6) is 5.75 Å². The number of carbonyl (C=O) groups is 2. The lowest BCUT2D eigenvalue weighted by molar-refractivity contribution is -0.145. The van der Waals surface area contributed by atoms with Gasteiger partial charge < -0.3 is 10.0 Å². The second-order valence-electron chi connectivity index (χ2n) is 4.11. The average Bonchev–Trinajstić information content (AvgIpc) is 2.33. The molecule has 0 aliphatic carbocycles. The molecule has 1 N–H and O–H groups in total. The Bertz CT molecular complexity index is 456. The van der Waals surface area contributed by atoms with E-state index in [1.807, 2.05) is 6.92 Å². The van der Waals surface area contributed by atoms with Crippen LogP contribution >= 0.6 is 0 Å². The maximum Gasteiger partial charge on any atom is 0.223 e. The van der Waals surface area contributed by atoms with Crippen molar-refractivity contribution in [2.75, 3.05) is 6.54 Å². The molecule has 0 aromatic heterocycles. The lowest BCUT2D eigenvalue weighted by Gasteiger charge is -2.34. The molecule has 1 saturated heterocycles. The number of aromatic hydroxyl groups is 1. The molecule has 1 amide bonds. The number of hydrogen-bond acceptors (Lipinski definition) is 3. The van der Waals surface area contributed by atoms with Gasteiger partial charge >= 0.3 is 0 Å². The van der Waals surface area contributed by atoms with E-state index < -0.39 is 6.04 Å². The molecule has 0 radical (unpaired) electrons. The Morgan fingerprint density at radius 1 is 1.29 bits per heavy atom. The Hall–Kier alpha value is -1.84. The van der Waals surface area contributed by atoms with Crippen molar-refractivity contribution in [1.82, 2.24) is 4.90 Å². The van der Waals surface area contributed by atoms with Crippen molar-refractivity contribution in [3.63, 3.8) is 0 Å². The van der Waals surface area contributed by atoms with Gasteiger partial charge in [-0.25, -0.2) is 0 Å². The van der Waals surface area contributed by atoms with Crippen LogP contribution in [0.15, 0.2) is 24.3 Å². The minimum absolute atomic E-state index is 0.00653. The molecule has 1 aromatic carbocycles. The summed E-state index contributed by atoms with van der Waals surface area (Å²) in [5.74, 6) is 0.0345. The number of nitrogens with zero attached hydrogens (tertiary/aromatic N) is 1. The van der Waals surface area contributed by atoms with E-state index in [1.165, 1.54) is 11.0 Å². The number of hydrogen-bond donors (Lipinski definition) is 1. The van der Waals surface area contributed by atoms with Crippen LogP contribution < -0.4 is 0 Å². The maximum absolute atomic E-state index is 12.0. The van der Waals surface area contributed by atoms with Crippen LogP contribution in [0.1, 0.15) is 31.4 Å². The van der Waals surface area contributed by atoms with E-state index in [4.69, 9.17) is 0 Å². The quantitative estimate of drug-likeness (QED) is 0.844. The fraction of sp³-hybridized carbons (Fsp3) is 0.385. The summed E-state index contributed by atoms with van der Waals surface area (Å²) < 4.78 is 0. The first-order valence-electron chi connectivity index (χ1n) is 5.75. The van der Waals surface area contributed by atoms with E-state index in [2.05, 4.69) is 0 Å². The molecular formula is C13H15NO3. The Kier molecular flexibility index (Phi) is 3.13. The number of rotatable bonds is 2. The third-order valence-corrected chi connectivity index (χ3v) is 3.09. The fourth-order valence-corrected chi connectivity index (χ4v) is 2.25. The topological polar surface area (TPSA) is 57.6 Å². The summed E-state index contributed by atoms with van der Waals surface area (Å²) in [6, 6.07) is 6.07. The van der Waals surface area contributed by atoms with Gasteiger partial charge in [-0.15, -0.1) is 0 Å². The Balaban J connectivity index is 2.43. The zero-order valence-corrected chi connectivity index (χ0v) is 9.72. The van der Waals surface area contributed by atoms with Gasteiger partial charge in [0.1, 0.15) is 11.8 Å². The van der Waals surface area contributed by atoms with Crippen molar-refractivity contribution in [2.45, 2.75) is 25.8 Å². The highest BCUT2D eigenvalue weighted by atomic mass is 16.3. The Morgan fingerprint density at radius 2 is 2.00 bits per heavy atom. The first-order chi connectivity index (χ1) is 8.15. The largest absolute Gasteiger partial charge is 0.508 e. The van der Waals surface area contributed by atoms with E-state index in [-0.39, 0.29) is 30.3 Å². The zero-order valence-electron chi connectivity index (χ0n) is 9.72. The van der Waals surface area contributed by atoms with Gasteiger partial charge in [-0.2, -0.15) is 0 Å². The lowest BCUT2D eigenvalue weighted by atomic mass is 9.93. The molecule has 1 unspecified atom stereocenters. The molecule has 1 heterocycles. The number of phenolic OH excluding ortho intramolecular Hbond substituents is 1. The van der Waals surface area contributed by atoms with Gasteiger partial charge in [-0.05, 0) is 13.0 Å². The molecular weight excluding hydrogens is 218 g/mol. The maximum atomic E-state index is 12.0. The molecule has 4 nitrogen and oxygen atoms in total. The van der Waals surface area contributed by atoms with Crippen LogP contribution in [0.25, 0.3) is 0 Å². The van der Waals surface area contributed by atoms with Crippen LogP contribution in [-0.4, -0.2) is 28.2 Å². The number of benzene rings is 1.